The van der Waals surface area contributed by atoms with Gasteiger partial charge in [-0.1, -0.05) is 23.2 Å². The van der Waals surface area contributed by atoms with Gasteiger partial charge in [0.15, 0.2) is 0 Å². The lowest BCUT2D eigenvalue weighted by molar-refractivity contribution is 0.279. The van der Waals surface area contributed by atoms with Gasteiger partial charge in [0.2, 0.25) is 0 Å². The van der Waals surface area contributed by atoms with Crippen molar-refractivity contribution in [2.75, 3.05) is 6.61 Å². The summed E-state index contributed by atoms with van der Waals surface area (Å²) in [5.41, 5.74) is 5.98. The van der Waals surface area contributed by atoms with Crippen LogP contribution < -0.4 is 5.73 Å². The third-order valence-corrected chi connectivity index (χ3v) is 2.94. The largest absolute Gasteiger partial charge is 0.396 e. The van der Waals surface area contributed by atoms with Crippen LogP contribution in [0.3, 0.4) is 0 Å². The Kier molecular flexibility index (Phi) is 4.80. The van der Waals surface area contributed by atoms with Crippen LogP contribution in [0.15, 0.2) is 12.1 Å². The standard InChI is InChI=1S/C10H12Cl2FNO/c11-6-3-4-7(13)9(10(6)12)8(14)2-1-5-15/h3-4,8,15H,1-2,5,14H2/t8-/m0/s1. The van der Waals surface area contributed by atoms with E-state index in [1.54, 1.807) is 0 Å². The first-order valence-electron chi connectivity index (χ1n) is 4.57. The summed E-state index contributed by atoms with van der Waals surface area (Å²) in [6.45, 7) is 0.0213. The minimum absolute atomic E-state index is 0.0213. The highest BCUT2D eigenvalue weighted by Crippen LogP contribution is 2.32. The third kappa shape index (κ3) is 3.05. The zero-order valence-electron chi connectivity index (χ0n) is 8.01. The number of nitrogens with two attached hydrogens (primary N) is 1. The molecule has 1 aromatic rings. The normalized spacial score (nSPS) is 12.9. The van der Waals surface area contributed by atoms with Gasteiger partial charge in [0.25, 0.3) is 0 Å². The molecule has 0 unspecified atom stereocenters. The molecular weight excluding hydrogens is 240 g/mol. The second-order valence-corrected chi connectivity index (χ2v) is 4.01. The number of benzene rings is 1. The minimum Gasteiger partial charge on any atom is -0.396 e. The van der Waals surface area contributed by atoms with Crippen molar-refractivity contribution in [1.82, 2.24) is 0 Å². The van der Waals surface area contributed by atoms with Crippen LogP contribution in [0.5, 0.6) is 0 Å². The molecule has 3 N–H and O–H groups in total. The lowest BCUT2D eigenvalue weighted by atomic mass is 10.0. The second kappa shape index (κ2) is 5.66. The molecular formula is C10H12Cl2FNO. The average molecular weight is 252 g/mol. The molecule has 1 aromatic carbocycles. The third-order valence-electron chi connectivity index (χ3n) is 2.12. The van der Waals surface area contributed by atoms with Gasteiger partial charge < -0.3 is 10.8 Å². The van der Waals surface area contributed by atoms with E-state index in [1.165, 1.54) is 12.1 Å². The van der Waals surface area contributed by atoms with E-state index in [9.17, 15) is 4.39 Å². The summed E-state index contributed by atoms with van der Waals surface area (Å²) in [6.07, 6.45) is 0.969. The number of rotatable bonds is 4. The molecule has 0 fully saturated rings. The molecule has 2 nitrogen and oxygen atoms in total. The van der Waals surface area contributed by atoms with Crippen molar-refractivity contribution in [2.45, 2.75) is 18.9 Å². The maximum absolute atomic E-state index is 13.4. The summed E-state index contributed by atoms with van der Waals surface area (Å²) in [4.78, 5) is 0. The Morgan fingerprint density at radius 2 is 2.07 bits per heavy atom. The molecule has 0 aliphatic carbocycles. The maximum Gasteiger partial charge on any atom is 0.129 e. The molecule has 84 valence electrons. The molecule has 0 spiro atoms. The van der Waals surface area contributed by atoms with Gasteiger partial charge in [-0.25, -0.2) is 4.39 Å². The fraction of sp³-hybridized carbons (Fsp3) is 0.400. The van der Waals surface area contributed by atoms with E-state index in [2.05, 4.69) is 0 Å². The van der Waals surface area contributed by atoms with E-state index in [0.29, 0.717) is 12.8 Å². The van der Waals surface area contributed by atoms with E-state index >= 15 is 0 Å². The van der Waals surface area contributed by atoms with Crippen molar-refractivity contribution in [1.29, 1.82) is 0 Å². The Morgan fingerprint density at radius 1 is 1.40 bits per heavy atom. The van der Waals surface area contributed by atoms with Crippen molar-refractivity contribution in [3.8, 4) is 0 Å². The Hall–Kier alpha value is -0.350. The zero-order valence-corrected chi connectivity index (χ0v) is 9.52. The molecule has 0 bridgehead atoms. The van der Waals surface area contributed by atoms with Gasteiger partial charge in [0, 0.05) is 18.2 Å². The smallest absolute Gasteiger partial charge is 0.129 e. The SMILES string of the molecule is N[C@@H](CCCO)c1c(F)ccc(Cl)c1Cl. The van der Waals surface area contributed by atoms with Crippen LogP contribution in [0.1, 0.15) is 24.4 Å². The molecule has 0 aliphatic heterocycles. The molecule has 0 aromatic heterocycles. The highest BCUT2D eigenvalue weighted by molar-refractivity contribution is 6.42. The minimum atomic E-state index is -0.539. The van der Waals surface area contributed by atoms with E-state index in [4.69, 9.17) is 34.0 Å². The molecule has 0 saturated heterocycles. The summed E-state index contributed by atoms with van der Waals surface area (Å²) in [5, 5.41) is 9.09. The molecule has 0 aliphatic rings. The van der Waals surface area contributed by atoms with Crippen molar-refractivity contribution in [2.24, 2.45) is 5.73 Å². The van der Waals surface area contributed by atoms with Crippen molar-refractivity contribution < 1.29 is 9.50 Å². The molecule has 0 amide bonds. The predicted molar refractivity (Wildman–Crippen MR) is 59.7 cm³/mol. The summed E-state index contributed by atoms with van der Waals surface area (Å²) in [6, 6.07) is 2.09. The first kappa shape index (κ1) is 12.7. The lowest BCUT2D eigenvalue weighted by Crippen LogP contribution is -2.13. The molecule has 0 radical (unpaired) electrons. The van der Waals surface area contributed by atoms with Gasteiger partial charge in [-0.2, -0.15) is 0 Å². The first-order valence-corrected chi connectivity index (χ1v) is 5.33. The van der Waals surface area contributed by atoms with Crippen LogP contribution in [0.25, 0.3) is 0 Å². The molecule has 5 heteroatoms. The van der Waals surface area contributed by atoms with Gasteiger partial charge in [0.1, 0.15) is 5.82 Å². The average Bonchev–Trinajstić information content (AvgIpc) is 2.21. The number of aliphatic hydroxyl groups excluding tert-OH is 1. The molecule has 15 heavy (non-hydrogen) atoms. The Morgan fingerprint density at radius 3 is 2.67 bits per heavy atom. The fourth-order valence-corrected chi connectivity index (χ4v) is 1.80. The van der Waals surface area contributed by atoms with Gasteiger partial charge in [-0.15, -0.1) is 0 Å². The predicted octanol–water partition coefficient (Wildman–Crippen LogP) is 2.90. The van der Waals surface area contributed by atoms with Gasteiger partial charge in [-0.3, -0.25) is 0 Å². The number of hydrogen-bond acceptors (Lipinski definition) is 2. The number of hydrogen-bond donors (Lipinski definition) is 2. The molecule has 1 atom stereocenters. The quantitative estimate of drug-likeness (QED) is 0.809. The Balaban J connectivity index is 2.96. The lowest BCUT2D eigenvalue weighted by Gasteiger charge is -2.14. The highest BCUT2D eigenvalue weighted by Gasteiger charge is 2.17. The molecule has 0 heterocycles. The summed E-state index contributed by atoms with van der Waals surface area (Å²) >= 11 is 11.6. The van der Waals surface area contributed by atoms with Crippen LogP contribution >= 0.6 is 23.2 Å². The van der Waals surface area contributed by atoms with Crippen molar-refractivity contribution >= 4 is 23.2 Å². The number of halogens is 3. The summed E-state index contributed by atoms with van der Waals surface area (Å²) < 4.78 is 13.4. The van der Waals surface area contributed by atoms with Crippen LogP contribution in [0, 0.1) is 5.82 Å². The Bertz CT molecular complexity index is 346. The van der Waals surface area contributed by atoms with E-state index in [1.807, 2.05) is 0 Å². The van der Waals surface area contributed by atoms with Crippen LogP contribution in [-0.2, 0) is 0 Å². The zero-order chi connectivity index (χ0) is 11.4. The number of aliphatic hydroxyl groups is 1. The van der Waals surface area contributed by atoms with Crippen molar-refractivity contribution in [3.05, 3.63) is 33.6 Å². The summed E-state index contributed by atoms with van der Waals surface area (Å²) in [5.74, 6) is -0.463. The second-order valence-electron chi connectivity index (χ2n) is 3.23. The van der Waals surface area contributed by atoms with Crippen molar-refractivity contribution in [3.63, 3.8) is 0 Å². The summed E-state index contributed by atoms with van der Waals surface area (Å²) in [7, 11) is 0. The molecule has 1 rings (SSSR count). The fourth-order valence-electron chi connectivity index (χ4n) is 1.34. The van der Waals surface area contributed by atoms with Gasteiger partial charge in [0.05, 0.1) is 10.0 Å². The van der Waals surface area contributed by atoms with E-state index in [0.717, 1.165) is 0 Å². The maximum atomic E-state index is 13.4. The van der Waals surface area contributed by atoms with E-state index in [-0.39, 0.29) is 22.2 Å². The monoisotopic (exact) mass is 251 g/mol. The molecule has 0 saturated carbocycles. The van der Waals surface area contributed by atoms with Crippen LogP contribution in [0.2, 0.25) is 10.0 Å². The van der Waals surface area contributed by atoms with Crippen LogP contribution in [-0.4, -0.2) is 11.7 Å². The van der Waals surface area contributed by atoms with Gasteiger partial charge >= 0.3 is 0 Å². The first-order chi connectivity index (χ1) is 7.07. The Labute approximate surface area is 97.8 Å². The topological polar surface area (TPSA) is 46.2 Å². The van der Waals surface area contributed by atoms with Gasteiger partial charge in [-0.05, 0) is 25.0 Å². The van der Waals surface area contributed by atoms with E-state index < -0.39 is 11.9 Å². The highest BCUT2D eigenvalue weighted by atomic mass is 35.5. The van der Waals surface area contributed by atoms with Crippen LogP contribution in [0.4, 0.5) is 4.39 Å².